The highest BCUT2D eigenvalue weighted by atomic mass is 79.9. The number of hydrogen-bond acceptors (Lipinski definition) is 1. The van der Waals surface area contributed by atoms with E-state index in [1.165, 1.54) is 16.7 Å². The minimum absolute atomic E-state index is 0.399. The normalized spacial score (nSPS) is 22.1. The van der Waals surface area contributed by atoms with Crippen molar-refractivity contribution in [1.82, 2.24) is 5.32 Å². The smallest absolute Gasteiger partial charge is 0.0406 e. The van der Waals surface area contributed by atoms with Crippen molar-refractivity contribution in [2.45, 2.75) is 18.9 Å². The van der Waals surface area contributed by atoms with E-state index in [9.17, 15) is 0 Å². The highest BCUT2D eigenvalue weighted by Gasteiger charge is 2.25. The Kier molecular flexibility index (Phi) is 3.66. The zero-order chi connectivity index (χ0) is 13.4. The highest BCUT2D eigenvalue weighted by molar-refractivity contribution is 9.10. The number of fused-ring (bicyclic) bond motifs is 1. The van der Waals surface area contributed by atoms with Gasteiger partial charge in [-0.3, -0.25) is 0 Å². The Labute approximate surface area is 127 Å². The van der Waals surface area contributed by atoms with Crippen molar-refractivity contribution in [3.05, 3.63) is 68.7 Å². The quantitative estimate of drug-likeness (QED) is 0.781. The fraction of sp³-hybridized carbons (Fsp3) is 0.250. The summed E-state index contributed by atoms with van der Waals surface area (Å²) < 4.78 is 1.14. The first-order valence-electron chi connectivity index (χ1n) is 6.43. The Balaban J connectivity index is 2.06. The molecular weight excluding hydrogens is 322 g/mol. The van der Waals surface area contributed by atoms with E-state index in [0.717, 1.165) is 16.0 Å². The van der Waals surface area contributed by atoms with Crippen molar-refractivity contribution >= 4 is 27.5 Å². The molecule has 0 saturated carbocycles. The van der Waals surface area contributed by atoms with E-state index < -0.39 is 0 Å². The second kappa shape index (κ2) is 5.28. The average Bonchev–Trinajstić information content (AvgIpc) is 2.41. The van der Waals surface area contributed by atoms with Crippen LogP contribution < -0.4 is 5.32 Å². The molecule has 0 bridgehead atoms. The lowest BCUT2D eigenvalue weighted by Crippen LogP contribution is -2.32. The molecule has 98 valence electrons. The predicted molar refractivity (Wildman–Crippen MR) is 83.9 cm³/mol. The van der Waals surface area contributed by atoms with Crippen LogP contribution in [0.5, 0.6) is 0 Å². The maximum absolute atomic E-state index is 5.97. The van der Waals surface area contributed by atoms with Crippen LogP contribution in [0.2, 0.25) is 5.02 Å². The summed E-state index contributed by atoms with van der Waals surface area (Å²) in [4.78, 5) is 0. The first-order valence-corrected chi connectivity index (χ1v) is 7.60. The summed E-state index contributed by atoms with van der Waals surface area (Å²) in [7, 11) is 0. The van der Waals surface area contributed by atoms with E-state index in [2.05, 4.69) is 58.5 Å². The molecule has 0 amide bonds. The van der Waals surface area contributed by atoms with Crippen molar-refractivity contribution in [2.24, 2.45) is 0 Å². The summed E-state index contributed by atoms with van der Waals surface area (Å²) in [5.41, 5.74) is 4.10. The van der Waals surface area contributed by atoms with Crippen molar-refractivity contribution in [3.63, 3.8) is 0 Å². The summed E-state index contributed by atoms with van der Waals surface area (Å²) in [6, 6.07) is 15.1. The first-order chi connectivity index (χ1) is 9.15. The second-order valence-electron chi connectivity index (χ2n) is 5.01. The minimum Gasteiger partial charge on any atom is -0.309 e. The van der Waals surface area contributed by atoms with Crippen LogP contribution >= 0.6 is 27.5 Å². The molecule has 2 unspecified atom stereocenters. The third kappa shape index (κ3) is 2.58. The topological polar surface area (TPSA) is 12.0 Å². The zero-order valence-electron chi connectivity index (χ0n) is 10.7. The van der Waals surface area contributed by atoms with E-state index >= 15 is 0 Å². The number of rotatable bonds is 1. The van der Waals surface area contributed by atoms with Gasteiger partial charge in [-0.15, -0.1) is 0 Å². The van der Waals surface area contributed by atoms with E-state index in [4.69, 9.17) is 11.6 Å². The molecule has 3 rings (SSSR count). The summed E-state index contributed by atoms with van der Waals surface area (Å²) >= 11 is 9.53. The van der Waals surface area contributed by atoms with Gasteiger partial charge in [0, 0.05) is 28.0 Å². The molecule has 0 saturated heterocycles. The molecular formula is C16H15BrClN. The standard InChI is InChI=1S/C16H15BrClN/c1-10-15-8-12(17)4-7-14(15)16(9-19-10)11-2-5-13(18)6-3-11/h2-8,10,16,19H,9H2,1H3. The van der Waals surface area contributed by atoms with Gasteiger partial charge in [0.1, 0.15) is 0 Å². The molecule has 2 atom stereocenters. The molecule has 0 fully saturated rings. The van der Waals surface area contributed by atoms with Crippen LogP contribution in [0.25, 0.3) is 0 Å². The van der Waals surface area contributed by atoms with Crippen LogP contribution in [0.4, 0.5) is 0 Å². The SMILES string of the molecule is CC1NCC(c2ccc(Cl)cc2)c2ccc(Br)cc21. The second-order valence-corrected chi connectivity index (χ2v) is 6.36. The molecule has 1 aliphatic heterocycles. The molecule has 0 aliphatic carbocycles. The molecule has 1 heterocycles. The largest absolute Gasteiger partial charge is 0.309 e. The highest BCUT2D eigenvalue weighted by Crippen LogP contribution is 2.36. The summed E-state index contributed by atoms with van der Waals surface area (Å²) in [6.07, 6.45) is 0. The van der Waals surface area contributed by atoms with Gasteiger partial charge in [0.15, 0.2) is 0 Å². The maximum Gasteiger partial charge on any atom is 0.0406 e. The monoisotopic (exact) mass is 335 g/mol. The minimum atomic E-state index is 0.399. The third-order valence-electron chi connectivity index (χ3n) is 3.79. The Hall–Kier alpha value is -0.830. The van der Waals surface area contributed by atoms with Gasteiger partial charge in [0.2, 0.25) is 0 Å². The van der Waals surface area contributed by atoms with Gasteiger partial charge in [-0.25, -0.2) is 0 Å². The van der Waals surface area contributed by atoms with Gasteiger partial charge >= 0.3 is 0 Å². The van der Waals surface area contributed by atoms with Crippen molar-refractivity contribution in [2.75, 3.05) is 6.54 Å². The van der Waals surface area contributed by atoms with Crippen LogP contribution in [0.15, 0.2) is 46.9 Å². The molecule has 3 heteroatoms. The molecule has 2 aromatic carbocycles. The number of nitrogens with one attached hydrogen (secondary N) is 1. The molecule has 0 aromatic heterocycles. The lowest BCUT2D eigenvalue weighted by atomic mass is 9.83. The van der Waals surface area contributed by atoms with Crippen molar-refractivity contribution in [3.8, 4) is 0 Å². The lowest BCUT2D eigenvalue weighted by Gasteiger charge is -2.31. The molecule has 19 heavy (non-hydrogen) atoms. The molecule has 1 aliphatic rings. The fourth-order valence-electron chi connectivity index (χ4n) is 2.74. The van der Waals surface area contributed by atoms with Gasteiger partial charge < -0.3 is 5.32 Å². The summed E-state index contributed by atoms with van der Waals surface area (Å²) in [6.45, 7) is 3.18. The van der Waals surface area contributed by atoms with Gasteiger partial charge in [0.25, 0.3) is 0 Å². The zero-order valence-corrected chi connectivity index (χ0v) is 13.0. The van der Waals surface area contributed by atoms with Crippen LogP contribution in [0.1, 0.15) is 35.6 Å². The third-order valence-corrected chi connectivity index (χ3v) is 4.54. The molecule has 2 aromatic rings. The summed E-state index contributed by atoms with van der Waals surface area (Å²) in [5, 5.41) is 4.36. The van der Waals surface area contributed by atoms with Crippen LogP contribution in [-0.4, -0.2) is 6.54 Å². The van der Waals surface area contributed by atoms with E-state index in [0.29, 0.717) is 12.0 Å². The Morgan fingerprint density at radius 1 is 1.11 bits per heavy atom. The summed E-state index contributed by atoms with van der Waals surface area (Å²) in [5.74, 6) is 0.400. The molecule has 0 spiro atoms. The Bertz CT molecular complexity index is 594. The number of hydrogen-bond donors (Lipinski definition) is 1. The lowest BCUT2D eigenvalue weighted by molar-refractivity contribution is 0.508. The molecule has 1 nitrogen and oxygen atoms in total. The van der Waals surface area contributed by atoms with Crippen LogP contribution in [-0.2, 0) is 0 Å². The number of halogens is 2. The average molecular weight is 337 g/mol. The van der Waals surface area contributed by atoms with Gasteiger partial charge in [-0.05, 0) is 47.9 Å². The van der Waals surface area contributed by atoms with E-state index in [-0.39, 0.29) is 0 Å². The predicted octanol–water partition coefficient (Wildman–Crippen LogP) is 4.90. The maximum atomic E-state index is 5.97. The van der Waals surface area contributed by atoms with Crippen LogP contribution in [0.3, 0.4) is 0 Å². The van der Waals surface area contributed by atoms with Crippen molar-refractivity contribution in [1.29, 1.82) is 0 Å². The molecule has 1 N–H and O–H groups in total. The van der Waals surface area contributed by atoms with E-state index in [1.807, 2.05) is 12.1 Å². The Morgan fingerprint density at radius 2 is 1.84 bits per heavy atom. The fourth-order valence-corrected chi connectivity index (χ4v) is 3.25. The van der Waals surface area contributed by atoms with Gasteiger partial charge in [-0.1, -0.05) is 45.7 Å². The van der Waals surface area contributed by atoms with Crippen LogP contribution in [0, 0.1) is 0 Å². The van der Waals surface area contributed by atoms with Gasteiger partial charge in [0.05, 0.1) is 0 Å². The van der Waals surface area contributed by atoms with E-state index in [1.54, 1.807) is 0 Å². The van der Waals surface area contributed by atoms with Gasteiger partial charge in [-0.2, -0.15) is 0 Å². The number of benzene rings is 2. The van der Waals surface area contributed by atoms with Crippen molar-refractivity contribution < 1.29 is 0 Å². The Morgan fingerprint density at radius 3 is 2.58 bits per heavy atom. The molecule has 0 radical (unpaired) electrons. The first kappa shape index (κ1) is 13.2.